The van der Waals surface area contributed by atoms with E-state index in [0.717, 1.165) is 0 Å². The average Bonchev–Trinajstić information content (AvgIpc) is 3.30. The summed E-state index contributed by atoms with van der Waals surface area (Å²) in [4.78, 5) is 23.7. The van der Waals surface area contributed by atoms with E-state index in [2.05, 4.69) is 15.5 Å². The standard InChI is InChI=1S/C18H18N4O3S/c1-3-16(24)19-13-8-6-12(7-9-13)14(23)11-26-18-21-20-17(22(18)2)15-5-4-10-25-15/h4-10H,3,11H2,1-2H3,(H,19,24). The summed E-state index contributed by atoms with van der Waals surface area (Å²) in [5.74, 6) is 1.40. The summed E-state index contributed by atoms with van der Waals surface area (Å²) in [5.41, 5.74) is 1.26. The molecule has 0 fully saturated rings. The molecule has 2 aromatic heterocycles. The number of furan rings is 1. The van der Waals surface area contributed by atoms with Gasteiger partial charge in [0.1, 0.15) is 0 Å². The zero-order chi connectivity index (χ0) is 18.5. The molecular weight excluding hydrogens is 352 g/mol. The summed E-state index contributed by atoms with van der Waals surface area (Å²) in [6.45, 7) is 1.79. The number of nitrogens with one attached hydrogen (secondary N) is 1. The normalized spacial score (nSPS) is 10.7. The van der Waals surface area contributed by atoms with Crippen molar-refractivity contribution in [3.63, 3.8) is 0 Å². The summed E-state index contributed by atoms with van der Waals surface area (Å²) in [6.07, 6.45) is 1.99. The number of carbonyl (C=O) groups excluding carboxylic acids is 2. The quantitative estimate of drug-likeness (QED) is 0.506. The van der Waals surface area contributed by atoms with Crippen molar-refractivity contribution in [1.29, 1.82) is 0 Å². The fourth-order valence-corrected chi connectivity index (χ4v) is 3.07. The number of anilines is 1. The van der Waals surface area contributed by atoms with Gasteiger partial charge in [0.25, 0.3) is 0 Å². The van der Waals surface area contributed by atoms with Gasteiger partial charge in [0, 0.05) is 24.7 Å². The summed E-state index contributed by atoms with van der Waals surface area (Å²) in [7, 11) is 1.83. The Morgan fingerprint density at radius 2 is 1.96 bits per heavy atom. The Morgan fingerprint density at radius 1 is 1.19 bits per heavy atom. The van der Waals surface area contributed by atoms with Crippen LogP contribution in [-0.2, 0) is 11.8 Å². The smallest absolute Gasteiger partial charge is 0.224 e. The van der Waals surface area contributed by atoms with Gasteiger partial charge in [0.15, 0.2) is 22.5 Å². The Bertz CT molecular complexity index is 901. The number of aromatic nitrogens is 3. The van der Waals surface area contributed by atoms with Crippen molar-refractivity contribution in [1.82, 2.24) is 14.8 Å². The third kappa shape index (κ3) is 4.02. The van der Waals surface area contributed by atoms with E-state index in [4.69, 9.17) is 4.42 Å². The van der Waals surface area contributed by atoms with Crippen LogP contribution in [0.3, 0.4) is 0 Å². The molecule has 1 aromatic carbocycles. The highest BCUT2D eigenvalue weighted by atomic mass is 32.2. The minimum absolute atomic E-state index is 0.0223. The Labute approximate surface area is 154 Å². The lowest BCUT2D eigenvalue weighted by Crippen LogP contribution is -2.10. The fourth-order valence-electron chi connectivity index (χ4n) is 2.26. The van der Waals surface area contributed by atoms with Gasteiger partial charge >= 0.3 is 0 Å². The number of nitrogens with zero attached hydrogens (tertiary/aromatic N) is 3. The number of amides is 1. The van der Waals surface area contributed by atoms with E-state index in [1.165, 1.54) is 11.8 Å². The molecule has 8 heteroatoms. The van der Waals surface area contributed by atoms with Crippen molar-refractivity contribution < 1.29 is 14.0 Å². The molecule has 0 saturated carbocycles. The highest BCUT2D eigenvalue weighted by Crippen LogP contribution is 2.23. The van der Waals surface area contributed by atoms with E-state index >= 15 is 0 Å². The van der Waals surface area contributed by atoms with Crippen LogP contribution in [0.25, 0.3) is 11.6 Å². The van der Waals surface area contributed by atoms with Gasteiger partial charge in [-0.25, -0.2) is 0 Å². The molecule has 0 aliphatic rings. The molecule has 1 N–H and O–H groups in total. The monoisotopic (exact) mass is 370 g/mol. The van der Waals surface area contributed by atoms with Gasteiger partial charge in [-0.15, -0.1) is 10.2 Å². The lowest BCUT2D eigenvalue weighted by molar-refractivity contribution is -0.115. The second kappa shape index (κ2) is 8.01. The van der Waals surface area contributed by atoms with E-state index < -0.39 is 0 Å². The van der Waals surface area contributed by atoms with Crippen molar-refractivity contribution in [3.8, 4) is 11.6 Å². The van der Waals surface area contributed by atoms with Crippen LogP contribution < -0.4 is 5.32 Å². The number of hydrogen-bond donors (Lipinski definition) is 1. The van der Waals surface area contributed by atoms with Gasteiger partial charge in [-0.05, 0) is 36.4 Å². The number of benzene rings is 1. The van der Waals surface area contributed by atoms with Gasteiger partial charge < -0.3 is 14.3 Å². The number of hydrogen-bond acceptors (Lipinski definition) is 6. The maximum absolute atomic E-state index is 12.4. The molecule has 134 valence electrons. The SMILES string of the molecule is CCC(=O)Nc1ccc(C(=O)CSc2nnc(-c3ccco3)n2C)cc1. The highest BCUT2D eigenvalue weighted by Gasteiger charge is 2.15. The van der Waals surface area contributed by atoms with Crippen molar-refractivity contribution >= 4 is 29.1 Å². The molecule has 0 aliphatic heterocycles. The first kappa shape index (κ1) is 17.9. The highest BCUT2D eigenvalue weighted by molar-refractivity contribution is 7.99. The van der Waals surface area contributed by atoms with Crippen molar-refractivity contribution in [2.45, 2.75) is 18.5 Å². The number of ketones is 1. The second-order valence-electron chi connectivity index (χ2n) is 5.53. The molecule has 3 rings (SSSR count). The average molecular weight is 370 g/mol. The second-order valence-corrected chi connectivity index (χ2v) is 6.48. The predicted molar refractivity (Wildman–Crippen MR) is 99.1 cm³/mol. The molecular formula is C18H18N4O3S. The van der Waals surface area contributed by atoms with Gasteiger partial charge in [-0.2, -0.15) is 0 Å². The first-order valence-electron chi connectivity index (χ1n) is 8.07. The van der Waals surface area contributed by atoms with Crippen LogP contribution in [0.2, 0.25) is 0 Å². The summed E-state index contributed by atoms with van der Waals surface area (Å²) < 4.78 is 7.12. The fraction of sp³-hybridized carbons (Fsp3) is 0.222. The molecule has 0 saturated heterocycles. The molecule has 0 spiro atoms. The lowest BCUT2D eigenvalue weighted by atomic mass is 10.1. The summed E-state index contributed by atoms with van der Waals surface area (Å²) in [6, 6.07) is 10.5. The molecule has 0 bridgehead atoms. The maximum Gasteiger partial charge on any atom is 0.224 e. The molecule has 0 unspecified atom stereocenters. The predicted octanol–water partition coefficient (Wildman–Crippen LogP) is 3.40. The van der Waals surface area contributed by atoms with E-state index in [9.17, 15) is 9.59 Å². The van der Waals surface area contributed by atoms with Crippen LogP contribution in [0, 0.1) is 0 Å². The maximum atomic E-state index is 12.4. The Balaban J connectivity index is 1.61. The Kier molecular flexibility index (Phi) is 5.52. The van der Waals surface area contributed by atoms with Crippen LogP contribution in [0.15, 0.2) is 52.2 Å². The van der Waals surface area contributed by atoms with Crippen LogP contribution in [0.5, 0.6) is 0 Å². The molecule has 7 nitrogen and oxygen atoms in total. The Hall–Kier alpha value is -2.87. The van der Waals surface area contributed by atoms with Crippen LogP contribution in [-0.4, -0.2) is 32.2 Å². The zero-order valence-electron chi connectivity index (χ0n) is 14.4. The van der Waals surface area contributed by atoms with E-state index in [-0.39, 0.29) is 17.4 Å². The molecule has 0 atom stereocenters. The number of Topliss-reactive ketones (excluding diaryl/α,β-unsaturated/α-hetero) is 1. The van der Waals surface area contributed by atoms with Crippen LogP contribution in [0.1, 0.15) is 23.7 Å². The van der Waals surface area contributed by atoms with Crippen molar-refractivity contribution in [3.05, 3.63) is 48.2 Å². The minimum atomic E-state index is -0.0609. The molecule has 0 radical (unpaired) electrons. The largest absolute Gasteiger partial charge is 0.461 e. The number of rotatable bonds is 7. The van der Waals surface area contributed by atoms with Gasteiger partial charge in [-0.1, -0.05) is 18.7 Å². The van der Waals surface area contributed by atoms with Gasteiger partial charge in [0.05, 0.1) is 12.0 Å². The first-order valence-corrected chi connectivity index (χ1v) is 9.06. The van der Waals surface area contributed by atoms with Crippen molar-refractivity contribution in [2.75, 3.05) is 11.1 Å². The minimum Gasteiger partial charge on any atom is -0.461 e. The molecule has 0 aliphatic carbocycles. The Morgan fingerprint density at radius 3 is 2.62 bits per heavy atom. The van der Waals surface area contributed by atoms with Gasteiger partial charge in [-0.3, -0.25) is 9.59 Å². The number of thioether (sulfide) groups is 1. The summed E-state index contributed by atoms with van der Waals surface area (Å²) >= 11 is 1.31. The van der Waals surface area contributed by atoms with E-state index in [1.807, 2.05) is 13.1 Å². The van der Waals surface area contributed by atoms with E-state index in [0.29, 0.717) is 34.4 Å². The third-order valence-corrected chi connectivity index (χ3v) is 4.74. The first-order chi connectivity index (χ1) is 12.6. The molecule has 26 heavy (non-hydrogen) atoms. The number of carbonyl (C=O) groups is 2. The van der Waals surface area contributed by atoms with Crippen LogP contribution in [0.4, 0.5) is 5.69 Å². The van der Waals surface area contributed by atoms with Gasteiger partial charge in [0.2, 0.25) is 5.91 Å². The lowest BCUT2D eigenvalue weighted by Gasteiger charge is -2.05. The summed E-state index contributed by atoms with van der Waals surface area (Å²) in [5, 5.41) is 11.6. The van der Waals surface area contributed by atoms with Crippen molar-refractivity contribution in [2.24, 2.45) is 7.05 Å². The third-order valence-electron chi connectivity index (χ3n) is 3.72. The molecule has 1 amide bonds. The van der Waals surface area contributed by atoms with Crippen LogP contribution >= 0.6 is 11.8 Å². The molecule has 2 heterocycles. The zero-order valence-corrected chi connectivity index (χ0v) is 15.2. The molecule has 3 aromatic rings. The van der Waals surface area contributed by atoms with E-state index in [1.54, 1.807) is 48.1 Å². The topological polar surface area (TPSA) is 90.0 Å².